The molecular formula is C26H29Cl2N3O2. The van der Waals surface area contributed by atoms with Crippen LogP contribution in [-0.4, -0.2) is 34.3 Å². The lowest BCUT2D eigenvalue weighted by molar-refractivity contribution is -0.136. The van der Waals surface area contributed by atoms with Gasteiger partial charge in [-0.3, -0.25) is 9.59 Å². The van der Waals surface area contributed by atoms with Crippen LogP contribution in [0.5, 0.6) is 0 Å². The van der Waals surface area contributed by atoms with Gasteiger partial charge in [-0.2, -0.15) is 0 Å². The third kappa shape index (κ3) is 6.40. The molecule has 2 heterocycles. The van der Waals surface area contributed by atoms with E-state index in [1.54, 1.807) is 11.0 Å². The minimum absolute atomic E-state index is 0.0949. The van der Waals surface area contributed by atoms with E-state index in [0.29, 0.717) is 29.6 Å². The zero-order valence-corrected chi connectivity index (χ0v) is 20.6. The molecule has 3 aromatic rings. The summed E-state index contributed by atoms with van der Waals surface area (Å²) in [5.41, 5.74) is 4.15. The fourth-order valence-electron chi connectivity index (χ4n) is 3.97. The molecule has 0 saturated carbocycles. The van der Waals surface area contributed by atoms with E-state index in [0.717, 1.165) is 28.6 Å². The number of aromatic nitrogens is 1. The molecule has 5 nitrogen and oxygen atoms in total. The summed E-state index contributed by atoms with van der Waals surface area (Å²) in [5.74, 6) is -0.328. The van der Waals surface area contributed by atoms with Crippen LogP contribution in [0.4, 0.5) is 0 Å². The lowest BCUT2D eigenvalue weighted by Gasteiger charge is -2.31. The first-order chi connectivity index (χ1) is 15.8. The van der Waals surface area contributed by atoms with Crippen molar-refractivity contribution in [2.75, 3.05) is 6.54 Å². The van der Waals surface area contributed by atoms with Gasteiger partial charge in [-0.05, 0) is 61.7 Å². The van der Waals surface area contributed by atoms with Gasteiger partial charge in [0.1, 0.15) is 6.04 Å². The molecule has 33 heavy (non-hydrogen) atoms. The summed E-state index contributed by atoms with van der Waals surface area (Å²) in [6, 6.07) is 12.5. The highest BCUT2D eigenvalue weighted by Gasteiger charge is 2.29. The maximum absolute atomic E-state index is 13.2. The van der Waals surface area contributed by atoms with Gasteiger partial charge < -0.3 is 15.2 Å². The van der Waals surface area contributed by atoms with E-state index in [9.17, 15) is 9.59 Å². The first-order valence-electron chi connectivity index (χ1n) is 11.0. The minimum Gasteiger partial charge on any atom is -0.357 e. The van der Waals surface area contributed by atoms with Gasteiger partial charge in [-0.15, -0.1) is 0 Å². The number of hydrogen-bond donors (Lipinski definition) is 2. The van der Waals surface area contributed by atoms with Crippen molar-refractivity contribution in [3.63, 3.8) is 0 Å². The third-order valence-corrected chi connectivity index (χ3v) is 6.06. The molecule has 0 aliphatic carbocycles. The Hall–Kier alpha value is -2.76. The van der Waals surface area contributed by atoms with Gasteiger partial charge in [0.2, 0.25) is 11.8 Å². The highest BCUT2D eigenvalue weighted by atomic mass is 35.5. The Morgan fingerprint density at radius 3 is 2.52 bits per heavy atom. The molecule has 174 valence electrons. The largest absolute Gasteiger partial charge is 0.357 e. The zero-order valence-electron chi connectivity index (χ0n) is 19.1. The maximum Gasteiger partial charge on any atom is 0.245 e. The molecule has 1 unspecified atom stereocenters. The number of halogens is 2. The van der Waals surface area contributed by atoms with Crippen molar-refractivity contribution in [3.05, 3.63) is 81.5 Å². The van der Waals surface area contributed by atoms with Crippen molar-refractivity contribution in [1.82, 2.24) is 15.2 Å². The second kappa shape index (κ2) is 11.4. The zero-order chi connectivity index (χ0) is 24.0. The second-order valence-corrected chi connectivity index (χ2v) is 8.91. The van der Waals surface area contributed by atoms with Gasteiger partial charge in [0.25, 0.3) is 0 Å². The Kier molecular flexibility index (Phi) is 8.59. The van der Waals surface area contributed by atoms with Gasteiger partial charge in [-0.1, -0.05) is 47.5 Å². The predicted octanol–water partition coefficient (Wildman–Crippen LogP) is 5.69. The number of H-pyrrole nitrogens is 1. The van der Waals surface area contributed by atoms with Gasteiger partial charge in [0, 0.05) is 46.5 Å². The Balaban J connectivity index is 0.000000709. The first kappa shape index (κ1) is 24.9. The molecule has 2 aromatic carbocycles. The Labute approximate surface area is 204 Å². The van der Waals surface area contributed by atoms with E-state index in [1.165, 1.54) is 12.5 Å². The molecule has 0 spiro atoms. The van der Waals surface area contributed by atoms with Crippen LogP contribution in [0.25, 0.3) is 10.9 Å². The number of benzene rings is 2. The van der Waals surface area contributed by atoms with Crippen molar-refractivity contribution >= 4 is 45.9 Å². The summed E-state index contributed by atoms with van der Waals surface area (Å²) in [6.45, 7) is 6.50. The van der Waals surface area contributed by atoms with E-state index < -0.39 is 6.04 Å². The van der Waals surface area contributed by atoms with Crippen LogP contribution in [0, 0.1) is 0 Å². The van der Waals surface area contributed by atoms with E-state index in [1.807, 2.05) is 62.4 Å². The highest BCUT2D eigenvalue weighted by Crippen LogP contribution is 2.30. The Morgan fingerprint density at radius 2 is 1.85 bits per heavy atom. The van der Waals surface area contributed by atoms with Crippen LogP contribution in [-0.2, 0) is 29.0 Å². The molecule has 2 N–H and O–H groups in total. The molecule has 4 rings (SSSR count). The number of fused-ring (bicyclic) bond motifs is 3. The summed E-state index contributed by atoms with van der Waals surface area (Å²) in [5, 5.41) is 5.22. The Bertz CT molecular complexity index is 1170. The predicted molar refractivity (Wildman–Crippen MR) is 136 cm³/mol. The summed E-state index contributed by atoms with van der Waals surface area (Å²) >= 11 is 12.2. The first-order valence-corrected chi connectivity index (χ1v) is 11.7. The van der Waals surface area contributed by atoms with E-state index in [4.69, 9.17) is 23.2 Å². The van der Waals surface area contributed by atoms with Crippen molar-refractivity contribution in [2.45, 2.75) is 46.2 Å². The smallest absolute Gasteiger partial charge is 0.245 e. The fourth-order valence-corrected chi connectivity index (χ4v) is 4.35. The van der Waals surface area contributed by atoms with Crippen LogP contribution in [0.2, 0.25) is 10.0 Å². The average Bonchev–Trinajstić information content (AvgIpc) is 3.15. The summed E-state index contributed by atoms with van der Waals surface area (Å²) in [6.07, 6.45) is 5.13. The highest BCUT2D eigenvalue weighted by molar-refractivity contribution is 6.31. The molecule has 0 fully saturated rings. The van der Waals surface area contributed by atoms with Crippen molar-refractivity contribution < 1.29 is 9.59 Å². The number of nitrogens with zero attached hydrogens (tertiary/aromatic N) is 1. The normalized spacial score (nSPS) is 13.9. The van der Waals surface area contributed by atoms with Crippen LogP contribution < -0.4 is 5.32 Å². The topological polar surface area (TPSA) is 65.2 Å². The Morgan fingerprint density at radius 1 is 1.12 bits per heavy atom. The van der Waals surface area contributed by atoms with E-state index >= 15 is 0 Å². The molecule has 2 amide bonds. The summed E-state index contributed by atoms with van der Waals surface area (Å²) in [4.78, 5) is 30.2. The van der Waals surface area contributed by atoms with Gasteiger partial charge in [0.05, 0.1) is 6.54 Å². The molecule has 7 heteroatoms. The summed E-state index contributed by atoms with van der Waals surface area (Å²) < 4.78 is 0. The number of aromatic amines is 1. The number of nitrogens with one attached hydrogen (secondary N) is 2. The molecule has 1 aliphatic rings. The van der Waals surface area contributed by atoms with Crippen molar-refractivity contribution in [1.29, 1.82) is 0 Å². The maximum atomic E-state index is 13.2. The molecular weight excluding hydrogens is 457 g/mol. The van der Waals surface area contributed by atoms with Crippen LogP contribution in [0.3, 0.4) is 0 Å². The molecule has 1 atom stereocenters. The van der Waals surface area contributed by atoms with E-state index in [-0.39, 0.29) is 11.8 Å². The quantitative estimate of drug-likeness (QED) is 0.466. The number of rotatable bonds is 4. The van der Waals surface area contributed by atoms with Crippen molar-refractivity contribution in [2.24, 2.45) is 0 Å². The monoisotopic (exact) mass is 485 g/mol. The third-order valence-electron chi connectivity index (χ3n) is 5.59. The standard InChI is InChI=1S/C22H21Cl2N3O2.C4H8/c1-13(28)25-20(10-14-3-2-4-15(23)9-14)22(29)27-8-7-17-18-11-16(24)5-6-19(18)26-21(17)12-27;1-3-4-2/h2-6,9,11,20,26H,7-8,10,12H2,1H3,(H,25,28);3-4H,1-2H3/b;4-3-. The number of carbonyl (C=O) groups excluding carboxylic acids is 2. The van der Waals surface area contributed by atoms with Gasteiger partial charge >= 0.3 is 0 Å². The number of amides is 2. The lowest BCUT2D eigenvalue weighted by atomic mass is 10.0. The SMILES string of the molecule is C/C=C\C.CC(=O)NC(Cc1cccc(Cl)c1)C(=O)N1CCc2c([nH]c3ccc(Cl)cc23)C1. The second-order valence-electron chi connectivity index (χ2n) is 8.04. The van der Waals surface area contributed by atoms with Crippen LogP contribution in [0.15, 0.2) is 54.6 Å². The molecule has 0 saturated heterocycles. The number of allylic oxidation sites excluding steroid dienone is 2. The lowest BCUT2D eigenvalue weighted by Crippen LogP contribution is -2.50. The molecule has 0 radical (unpaired) electrons. The average molecular weight is 486 g/mol. The fraction of sp³-hybridized carbons (Fsp3) is 0.308. The van der Waals surface area contributed by atoms with Crippen LogP contribution >= 0.6 is 23.2 Å². The minimum atomic E-state index is -0.633. The van der Waals surface area contributed by atoms with Gasteiger partial charge in [0.15, 0.2) is 0 Å². The van der Waals surface area contributed by atoms with Crippen molar-refractivity contribution in [3.8, 4) is 0 Å². The number of hydrogen-bond acceptors (Lipinski definition) is 2. The van der Waals surface area contributed by atoms with Gasteiger partial charge in [-0.25, -0.2) is 0 Å². The molecule has 1 aliphatic heterocycles. The summed E-state index contributed by atoms with van der Waals surface area (Å²) in [7, 11) is 0. The van der Waals surface area contributed by atoms with Crippen LogP contribution in [0.1, 0.15) is 37.6 Å². The molecule has 0 bridgehead atoms. The molecule has 1 aromatic heterocycles. The number of carbonyl (C=O) groups is 2. The van der Waals surface area contributed by atoms with E-state index in [2.05, 4.69) is 10.3 Å².